The number of amides is 1. The minimum absolute atomic E-state index is 0.0102. The lowest BCUT2D eigenvalue weighted by Gasteiger charge is -2.21. The molecule has 0 aliphatic rings. The third-order valence-electron chi connectivity index (χ3n) is 4.57. The molecule has 4 aromatic rings. The fourth-order valence-corrected chi connectivity index (χ4v) is 5.05. The van der Waals surface area contributed by atoms with Gasteiger partial charge < -0.3 is 4.90 Å². The normalized spacial score (nSPS) is 11.5. The summed E-state index contributed by atoms with van der Waals surface area (Å²) in [6, 6.07) is 7.97. The molecule has 0 radical (unpaired) electrons. The maximum Gasteiger partial charge on any atom is 0.270 e. The highest BCUT2D eigenvalue weighted by Gasteiger charge is 2.24. The van der Waals surface area contributed by atoms with Gasteiger partial charge in [0.2, 0.25) is 0 Å². The van der Waals surface area contributed by atoms with Gasteiger partial charge in [0.15, 0.2) is 10.9 Å². The third-order valence-corrected chi connectivity index (χ3v) is 6.70. The molecular formula is C20H16F2N4O3S2. The summed E-state index contributed by atoms with van der Waals surface area (Å²) in [5.41, 5.74) is -0.0477. The van der Waals surface area contributed by atoms with E-state index in [1.54, 1.807) is 12.1 Å². The first-order chi connectivity index (χ1) is 14.7. The van der Waals surface area contributed by atoms with Gasteiger partial charge in [0.25, 0.3) is 11.6 Å². The molecule has 0 aliphatic carbocycles. The quantitative estimate of drug-likeness (QED) is 0.301. The molecule has 7 nitrogen and oxygen atoms in total. The van der Waals surface area contributed by atoms with Gasteiger partial charge in [0.1, 0.15) is 11.3 Å². The van der Waals surface area contributed by atoms with Crippen molar-refractivity contribution in [3.8, 4) is 0 Å². The maximum atomic E-state index is 14.1. The molecular weight excluding hydrogens is 446 g/mol. The van der Waals surface area contributed by atoms with Crippen LogP contribution in [0.5, 0.6) is 0 Å². The van der Waals surface area contributed by atoms with E-state index >= 15 is 0 Å². The van der Waals surface area contributed by atoms with E-state index in [2.05, 4.69) is 4.98 Å². The Morgan fingerprint density at radius 1 is 1.10 bits per heavy atom. The Hall–Kier alpha value is -3.02. The number of benzene rings is 2. The molecule has 0 unspecified atom stereocenters. The molecule has 160 valence electrons. The van der Waals surface area contributed by atoms with Gasteiger partial charge in [-0.2, -0.15) is 0 Å². The number of likely N-dealkylation sites (N-methyl/N-ethyl adjacent to an activating group) is 1. The number of rotatable bonds is 6. The number of anilines is 1. The SMILES string of the molecule is CN(C)CCN(C(=O)c1cc2cc([N+](=O)[O-])ccc2s1)c1nc2c(F)cc(F)cc2s1. The predicted molar refractivity (Wildman–Crippen MR) is 118 cm³/mol. The molecule has 0 aliphatic heterocycles. The van der Waals surface area contributed by atoms with Gasteiger partial charge >= 0.3 is 0 Å². The van der Waals surface area contributed by atoms with Crippen molar-refractivity contribution in [2.45, 2.75) is 0 Å². The maximum absolute atomic E-state index is 14.1. The van der Waals surface area contributed by atoms with Gasteiger partial charge in [0, 0.05) is 41.4 Å². The van der Waals surface area contributed by atoms with Crippen LogP contribution in [-0.4, -0.2) is 47.9 Å². The number of nitro benzene ring substituents is 1. The number of carbonyl (C=O) groups excluding carboxylic acids is 1. The summed E-state index contributed by atoms with van der Waals surface area (Å²) >= 11 is 2.24. The lowest BCUT2D eigenvalue weighted by atomic mass is 10.2. The predicted octanol–water partition coefficient (Wildman–Crippen LogP) is 4.91. The van der Waals surface area contributed by atoms with Crippen LogP contribution in [0, 0.1) is 21.7 Å². The molecule has 0 N–H and O–H groups in total. The van der Waals surface area contributed by atoms with Crippen LogP contribution >= 0.6 is 22.7 Å². The van der Waals surface area contributed by atoms with E-state index in [-0.39, 0.29) is 28.8 Å². The van der Waals surface area contributed by atoms with Crippen molar-refractivity contribution < 1.29 is 18.5 Å². The molecule has 31 heavy (non-hydrogen) atoms. The van der Waals surface area contributed by atoms with Crippen molar-refractivity contribution >= 4 is 59.7 Å². The van der Waals surface area contributed by atoms with Crippen LogP contribution in [0.2, 0.25) is 0 Å². The summed E-state index contributed by atoms with van der Waals surface area (Å²) in [6.45, 7) is 0.805. The summed E-state index contributed by atoms with van der Waals surface area (Å²) in [6.07, 6.45) is 0. The molecule has 2 aromatic carbocycles. The Kier molecular flexibility index (Phi) is 5.65. The first-order valence-corrected chi connectivity index (χ1v) is 10.8. The second kappa shape index (κ2) is 8.25. The second-order valence-electron chi connectivity index (χ2n) is 7.08. The lowest BCUT2D eigenvalue weighted by molar-refractivity contribution is -0.384. The molecule has 4 rings (SSSR count). The van der Waals surface area contributed by atoms with Crippen LogP contribution in [0.15, 0.2) is 36.4 Å². The average Bonchev–Trinajstić information content (AvgIpc) is 3.31. The summed E-state index contributed by atoms with van der Waals surface area (Å²) in [4.78, 5) is 31.8. The third kappa shape index (κ3) is 4.24. The molecule has 11 heteroatoms. The first-order valence-electron chi connectivity index (χ1n) is 9.13. The molecule has 0 bridgehead atoms. The zero-order valence-electron chi connectivity index (χ0n) is 16.5. The molecule has 2 aromatic heterocycles. The monoisotopic (exact) mass is 462 g/mol. The lowest BCUT2D eigenvalue weighted by Crippen LogP contribution is -2.36. The molecule has 0 saturated carbocycles. The van der Waals surface area contributed by atoms with Crippen molar-refractivity contribution in [2.24, 2.45) is 0 Å². The molecule has 0 fully saturated rings. The van der Waals surface area contributed by atoms with Crippen molar-refractivity contribution in [3.63, 3.8) is 0 Å². The van der Waals surface area contributed by atoms with Gasteiger partial charge in [-0.3, -0.25) is 19.8 Å². The standard InChI is InChI=1S/C20H16F2N4O3S2/c1-24(2)5-6-25(20-23-18-14(22)9-12(21)10-16(18)31-20)19(27)17-8-11-7-13(26(28)29)3-4-15(11)30-17/h3-4,7-10H,5-6H2,1-2H3. The largest absolute Gasteiger partial charge is 0.308 e. The zero-order valence-corrected chi connectivity index (χ0v) is 18.1. The van der Waals surface area contributed by atoms with Crippen LogP contribution < -0.4 is 4.90 Å². The van der Waals surface area contributed by atoms with E-state index < -0.39 is 16.6 Å². The average molecular weight is 463 g/mol. The Morgan fingerprint density at radius 3 is 2.58 bits per heavy atom. The van der Waals surface area contributed by atoms with E-state index in [1.807, 2.05) is 19.0 Å². The minimum Gasteiger partial charge on any atom is -0.308 e. The molecule has 0 atom stereocenters. The first kappa shape index (κ1) is 21.2. The number of hydrogen-bond donors (Lipinski definition) is 0. The fourth-order valence-electron chi connectivity index (χ4n) is 3.03. The number of nitrogens with zero attached hydrogens (tertiary/aromatic N) is 4. The Balaban J connectivity index is 1.75. The van der Waals surface area contributed by atoms with Crippen molar-refractivity contribution in [1.82, 2.24) is 9.88 Å². The van der Waals surface area contributed by atoms with Crippen molar-refractivity contribution in [3.05, 3.63) is 63.0 Å². The second-order valence-corrected chi connectivity index (χ2v) is 9.17. The highest BCUT2D eigenvalue weighted by Crippen LogP contribution is 2.34. The number of hydrogen-bond acceptors (Lipinski definition) is 7. The number of aromatic nitrogens is 1. The van der Waals surface area contributed by atoms with Crippen LogP contribution in [0.25, 0.3) is 20.3 Å². The summed E-state index contributed by atoms with van der Waals surface area (Å²) < 4.78 is 28.8. The van der Waals surface area contributed by atoms with Gasteiger partial charge in [-0.15, -0.1) is 11.3 Å². The number of thiophene rings is 1. The molecule has 1 amide bonds. The number of carbonyl (C=O) groups is 1. The van der Waals surface area contributed by atoms with E-state index in [1.165, 1.54) is 34.4 Å². The van der Waals surface area contributed by atoms with Gasteiger partial charge in [-0.25, -0.2) is 13.8 Å². The number of fused-ring (bicyclic) bond motifs is 2. The van der Waals surface area contributed by atoms with Gasteiger partial charge in [0.05, 0.1) is 14.5 Å². The summed E-state index contributed by atoms with van der Waals surface area (Å²) in [5.74, 6) is -1.85. The Bertz CT molecular complexity index is 1320. The fraction of sp³-hybridized carbons (Fsp3) is 0.200. The number of nitro groups is 1. The van der Waals surface area contributed by atoms with Crippen LogP contribution in [-0.2, 0) is 0 Å². The Labute approximate surface area is 183 Å². The number of non-ortho nitro benzene ring substituents is 1. The van der Waals surface area contributed by atoms with Crippen LogP contribution in [0.3, 0.4) is 0 Å². The summed E-state index contributed by atoms with van der Waals surface area (Å²) in [7, 11) is 3.71. The smallest absolute Gasteiger partial charge is 0.270 e. The van der Waals surface area contributed by atoms with E-state index in [4.69, 9.17) is 0 Å². The van der Waals surface area contributed by atoms with Crippen LogP contribution in [0.1, 0.15) is 9.67 Å². The van der Waals surface area contributed by atoms with Crippen molar-refractivity contribution in [1.29, 1.82) is 0 Å². The Morgan fingerprint density at radius 2 is 1.87 bits per heavy atom. The van der Waals surface area contributed by atoms with Gasteiger partial charge in [-0.1, -0.05) is 11.3 Å². The van der Waals surface area contributed by atoms with Gasteiger partial charge in [-0.05, 0) is 32.3 Å². The topological polar surface area (TPSA) is 79.6 Å². The van der Waals surface area contributed by atoms with E-state index in [0.717, 1.165) is 22.1 Å². The summed E-state index contributed by atoms with van der Waals surface area (Å²) in [5, 5.41) is 11.9. The molecule has 2 heterocycles. The highest BCUT2D eigenvalue weighted by atomic mass is 32.1. The molecule has 0 spiro atoms. The minimum atomic E-state index is -0.785. The number of thiazole rings is 1. The highest BCUT2D eigenvalue weighted by molar-refractivity contribution is 7.23. The number of halogens is 2. The zero-order chi connectivity index (χ0) is 22.3. The van der Waals surface area contributed by atoms with E-state index in [9.17, 15) is 23.7 Å². The van der Waals surface area contributed by atoms with E-state index in [0.29, 0.717) is 21.5 Å². The van der Waals surface area contributed by atoms with Crippen molar-refractivity contribution in [2.75, 3.05) is 32.1 Å². The van der Waals surface area contributed by atoms with Crippen LogP contribution in [0.4, 0.5) is 19.6 Å². The molecule has 0 saturated heterocycles.